The third kappa shape index (κ3) is 3.29. The normalized spacial score (nSPS) is 18.9. The molecular formula is C8H15N3O3S. The van der Waals surface area contributed by atoms with Crippen LogP contribution < -0.4 is 5.14 Å². The number of piperazine rings is 1. The van der Waals surface area contributed by atoms with Crippen molar-refractivity contribution in [2.75, 3.05) is 26.2 Å². The van der Waals surface area contributed by atoms with E-state index < -0.39 is 10.2 Å². The Hall–Kier alpha value is -0.920. The average molecular weight is 233 g/mol. The van der Waals surface area contributed by atoms with E-state index >= 15 is 0 Å². The third-order valence-electron chi connectivity index (χ3n) is 2.27. The highest BCUT2D eigenvalue weighted by Gasteiger charge is 2.25. The zero-order valence-electron chi connectivity index (χ0n) is 8.42. The smallest absolute Gasteiger partial charge is 0.277 e. The van der Waals surface area contributed by atoms with Gasteiger partial charge < -0.3 is 4.90 Å². The molecule has 0 aromatic rings. The van der Waals surface area contributed by atoms with E-state index in [1.54, 1.807) is 4.90 Å². The molecule has 7 heteroatoms. The van der Waals surface area contributed by atoms with E-state index in [1.807, 2.05) is 0 Å². The van der Waals surface area contributed by atoms with E-state index in [2.05, 4.69) is 6.58 Å². The lowest BCUT2D eigenvalue weighted by Crippen LogP contribution is -2.52. The standard InChI is InChI=1S/C8H15N3O3S/c1-2-3-8(12)10-4-6-11(7-5-10)15(9,13)14/h2H,1,3-7H2,(H2,9,13,14). The van der Waals surface area contributed by atoms with Crippen LogP contribution in [0.1, 0.15) is 6.42 Å². The summed E-state index contributed by atoms with van der Waals surface area (Å²) in [6.45, 7) is 4.79. The van der Waals surface area contributed by atoms with Crippen molar-refractivity contribution < 1.29 is 13.2 Å². The van der Waals surface area contributed by atoms with Crippen LogP contribution in [0.3, 0.4) is 0 Å². The second-order valence-electron chi connectivity index (χ2n) is 3.32. The molecule has 0 aromatic carbocycles. The van der Waals surface area contributed by atoms with E-state index in [0.29, 0.717) is 13.1 Å². The van der Waals surface area contributed by atoms with Crippen molar-refractivity contribution in [2.24, 2.45) is 5.14 Å². The van der Waals surface area contributed by atoms with Gasteiger partial charge in [-0.1, -0.05) is 6.08 Å². The van der Waals surface area contributed by atoms with Crippen LogP contribution in [0.5, 0.6) is 0 Å². The number of hydrogen-bond acceptors (Lipinski definition) is 3. The van der Waals surface area contributed by atoms with Gasteiger partial charge >= 0.3 is 0 Å². The fraction of sp³-hybridized carbons (Fsp3) is 0.625. The summed E-state index contributed by atoms with van der Waals surface area (Å²) in [6.07, 6.45) is 1.82. The zero-order valence-corrected chi connectivity index (χ0v) is 9.24. The maximum absolute atomic E-state index is 11.4. The molecule has 6 nitrogen and oxygen atoms in total. The topological polar surface area (TPSA) is 83.7 Å². The van der Waals surface area contributed by atoms with E-state index in [9.17, 15) is 13.2 Å². The number of nitrogens with two attached hydrogens (primary N) is 1. The van der Waals surface area contributed by atoms with E-state index in [4.69, 9.17) is 5.14 Å². The van der Waals surface area contributed by atoms with Crippen molar-refractivity contribution >= 4 is 16.1 Å². The highest BCUT2D eigenvalue weighted by molar-refractivity contribution is 7.86. The maximum atomic E-state index is 11.4. The SMILES string of the molecule is C=CCC(=O)N1CCN(S(N)(=O)=O)CC1. The van der Waals surface area contributed by atoms with Gasteiger partial charge in [0.25, 0.3) is 10.2 Å². The van der Waals surface area contributed by atoms with Crippen LogP contribution >= 0.6 is 0 Å². The summed E-state index contributed by atoms with van der Waals surface area (Å²) in [5.74, 6) is -0.0286. The molecule has 1 rings (SSSR count). The minimum atomic E-state index is -3.61. The van der Waals surface area contributed by atoms with Gasteiger partial charge in [0.05, 0.1) is 0 Å². The Kier molecular flexibility index (Phi) is 3.83. The summed E-state index contributed by atoms with van der Waals surface area (Å²) in [7, 11) is -3.61. The summed E-state index contributed by atoms with van der Waals surface area (Å²) < 4.78 is 23.1. The summed E-state index contributed by atoms with van der Waals surface area (Å²) >= 11 is 0. The van der Waals surface area contributed by atoms with Crippen molar-refractivity contribution in [3.8, 4) is 0 Å². The maximum Gasteiger partial charge on any atom is 0.277 e. The van der Waals surface area contributed by atoms with Gasteiger partial charge in [0.1, 0.15) is 0 Å². The number of amides is 1. The molecule has 2 N–H and O–H groups in total. The molecule has 1 saturated heterocycles. The fourth-order valence-electron chi connectivity index (χ4n) is 1.44. The van der Waals surface area contributed by atoms with Crippen molar-refractivity contribution in [1.82, 2.24) is 9.21 Å². The summed E-state index contributed by atoms with van der Waals surface area (Å²) in [6, 6.07) is 0. The van der Waals surface area contributed by atoms with Gasteiger partial charge in [-0.15, -0.1) is 6.58 Å². The van der Waals surface area contributed by atoms with Crippen molar-refractivity contribution in [3.63, 3.8) is 0 Å². The monoisotopic (exact) mass is 233 g/mol. The molecule has 1 aliphatic heterocycles. The molecule has 1 fully saturated rings. The molecule has 15 heavy (non-hydrogen) atoms. The quantitative estimate of drug-likeness (QED) is 0.629. The minimum Gasteiger partial charge on any atom is -0.340 e. The fourth-order valence-corrected chi connectivity index (χ4v) is 2.12. The Labute approximate surface area is 89.5 Å². The molecule has 1 amide bonds. The summed E-state index contributed by atoms with van der Waals surface area (Å²) in [5.41, 5.74) is 0. The third-order valence-corrected chi connectivity index (χ3v) is 3.36. The molecule has 86 valence electrons. The van der Waals surface area contributed by atoms with Crippen LogP contribution in [-0.2, 0) is 15.0 Å². The lowest BCUT2D eigenvalue weighted by atomic mass is 10.3. The first-order valence-corrected chi connectivity index (χ1v) is 6.12. The van der Waals surface area contributed by atoms with Crippen molar-refractivity contribution in [2.45, 2.75) is 6.42 Å². The predicted octanol–water partition coefficient (Wildman–Crippen LogP) is -1.09. The molecule has 0 spiro atoms. The molecule has 1 aliphatic rings. The summed E-state index contributed by atoms with van der Waals surface area (Å²) in [4.78, 5) is 13.0. The van der Waals surface area contributed by atoms with Crippen LogP contribution in [0.15, 0.2) is 12.7 Å². The second kappa shape index (κ2) is 4.73. The van der Waals surface area contributed by atoms with Gasteiger partial charge in [0.15, 0.2) is 0 Å². The zero-order chi connectivity index (χ0) is 11.5. The molecule has 0 radical (unpaired) electrons. The molecule has 0 atom stereocenters. The Morgan fingerprint density at radius 1 is 1.33 bits per heavy atom. The Morgan fingerprint density at radius 2 is 1.87 bits per heavy atom. The van der Waals surface area contributed by atoms with Gasteiger partial charge in [0.2, 0.25) is 5.91 Å². The van der Waals surface area contributed by atoms with E-state index in [0.717, 1.165) is 0 Å². The van der Waals surface area contributed by atoms with Crippen molar-refractivity contribution in [3.05, 3.63) is 12.7 Å². The molecular weight excluding hydrogens is 218 g/mol. The predicted molar refractivity (Wildman–Crippen MR) is 56.1 cm³/mol. The van der Waals surface area contributed by atoms with Gasteiger partial charge in [-0.2, -0.15) is 12.7 Å². The molecule has 0 unspecified atom stereocenters. The number of carbonyl (C=O) groups is 1. The van der Waals surface area contributed by atoms with Crippen LogP contribution in [0.25, 0.3) is 0 Å². The summed E-state index contributed by atoms with van der Waals surface area (Å²) in [5, 5.41) is 4.97. The van der Waals surface area contributed by atoms with Crippen LogP contribution in [0.4, 0.5) is 0 Å². The Balaban J connectivity index is 2.49. The number of nitrogens with zero attached hydrogens (tertiary/aromatic N) is 2. The number of rotatable bonds is 3. The van der Waals surface area contributed by atoms with E-state index in [1.165, 1.54) is 10.4 Å². The first-order valence-electron chi connectivity index (χ1n) is 4.61. The molecule has 0 aliphatic carbocycles. The van der Waals surface area contributed by atoms with Crippen LogP contribution in [0.2, 0.25) is 0 Å². The molecule has 0 saturated carbocycles. The highest BCUT2D eigenvalue weighted by atomic mass is 32.2. The van der Waals surface area contributed by atoms with Crippen LogP contribution in [-0.4, -0.2) is 49.7 Å². The Bertz CT molecular complexity index is 344. The number of hydrogen-bond donors (Lipinski definition) is 1. The van der Waals surface area contributed by atoms with Gasteiger partial charge in [-0.3, -0.25) is 4.79 Å². The minimum absolute atomic E-state index is 0.0286. The molecule has 0 aromatic heterocycles. The second-order valence-corrected chi connectivity index (χ2v) is 4.86. The number of carbonyl (C=O) groups excluding carboxylic acids is 1. The Morgan fingerprint density at radius 3 is 2.27 bits per heavy atom. The lowest BCUT2D eigenvalue weighted by molar-refractivity contribution is -0.131. The molecule has 0 bridgehead atoms. The highest BCUT2D eigenvalue weighted by Crippen LogP contribution is 2.05. The van der Waals surface area contributed by atoms with Gasteiger partial charge in [-0.25, -0.2) is 5.14 Å². The van der Waals surface area contributed by atoms with Crippen LogP contribution in [0, 0.1) is 0 Å². The van der Waals surface area contributed by atoms with E-state index in [-0.39, 0.29) is 25.4 Å². The first kappa shape index (κ1) is 12.2. The largest absolute Gasteiger partial charge is 0.340 e. The van der Waals surface area contributed by atoms with Gasteiger partial charge in [0, 0.05) is 32.6 Å². The van der Waals surface area contributed by atoms with Gasteiger partial charge in [-0.05, 0) is 0 Å². The lowest BCUT2D eigenvalue weighted by Gasteiger charge is -2.32. The average Bonchev–Trinajstić information content (AvgIpc) is 2.17. The molecule has 1 heterocycles. The van der Waals surface area contributed by atoms with Crippen molar-refractivity contribution in [1.29, 1.82) is 0 Å². The first-order chi connectivity index (χ1) is 6.95.